The SMILES string of the molecule is COCc1cc(C)nc(N/N=C/c2ccc(O)c([N+](=O)[O-])c2)c1C#N. The van der Waals surface area contributed by atoms with Gasteiger partial charge in [0.15, 0.2) is 11.6 Å². The van der Waals surface area contributed by atoms with Crippen LogP contribution in [0.2, 0.25) is 0 Å². The topological polar surface area (TPSA) is 134 Å². The number of pyridine rings is 1. The maximum atomic E-state index is 10.8. The van der Waals surface area contributed by atoms with E-state index in [1.165, 1.54) is 31.5 Å². The lowest BCUT2D eigenvalue weighted by molar-refractivity contribution is -0.385. The van der Waals surface area contributed by atoms with Gasteiger partial charge < -0.3 is 9.84 Å². The van der Waals surface area contributed by atoms with Crippen molar-refractivity contribution in [2.24, 2.45) is 5.10 Å². The second-order valence-corrected chi connectivity index (χ2v) is 5.07. The fourth-order valence-corrected chi connectivity index (χ4v) is 2.15. The van der Waals surface area contributed by atoms with Crippen molar-refractivity contribution in [2.45, 2.75) is 13.5 Å². The van der Waals surface area contributed by atoms with Crippen molar-refractivity contribution in [3.05, 3.63) is 56.8 Å². The van der Waals surface area contributed by atoms with Gasteiger partial charge in [-0.05, 0) is 25.1 Å². The van der Waals surface area contributed by atoms with Crippen molar-refractivity contribution < 1.29 is 14.8 Å². The van der Waals surface area contributed by atoms with E-state index in [0.29, 0.717) is 22.4 Å². The van der Waals surface area contributed by atoms with E-state index in [2.05, 4.69) is 21.6 Å². The first-order valence-corrected chi connectivity index (χ1v) is 7.12. The molecule has 9 heteroatoms. The Morgan fingerprint density at radius 3 is 2.92 bits per heavy atom. The number of anilines is 1. The largest absolute Gasteiger partial charge is 0.502 e. The molecular formula is C16H15N5O4. The van der Waals surface area contributed by atoms with E-state index in [1.54, 1.807) is 13.0 Å². The molecule has 0 radical (unpaired) electrons. The predicted octanol–water partition coefficient (Wildman–Crippen LogP) is 2.47. The van der Waals surface area contributed by atoms with Crippen LogP contribution in [0.3, 0.4) is 0 Å². The van der Waals surface area contributed by atoms with E-state index < -0.39 is 16.4 Å². The number of nitriles is 1. The molecule has 0 fully saturated rings. The predicted molar refractivity (Wildman–Crippen MR) is 90.4 cm³/mol. The third-order valence-electron chi connectivity index (χ3n) is 3.22. The van der Waals surface area contributed by atoms with E-state index in [1.807, 2.05) is 0 Å². The quantitative estimate of drug-likeness (QED) is 0.468. The van der Waals surface area contributed by atoms with Gasteiger partial charge in [-0.15, -0.1) is 0 Å². The summed E-state index contributed by atoms with van der Waals surface area (Å²) in [6.07, 6.45) is 1.33. The highest BCUT2D eigenvalue weighted by Gasteiger charge is 2.13. The Kier molecular flexibility index (Phi) is 5.60. The fraction of sp³-hybridized carbons (Fsp3) is 0.188. The Bertz CT molecular complexity index is 874. The number of benzene rings is 1. The van der Waals surface area contributed by atoms with Crippen molar-refractivity contribution >= 4 is 17.7 Å². The molecule has 128 valence electrons. The summed E-state index contributed by atoms with van der Waals surface area (Å²) in [7, 11) is 1.53. The molecule has 0 aliphatic carbocycles. The molecule has 0 bridgehead atoms. The van der Waals surface area contributed by atoms with Gasteiger partial charge in [0, 0.05) is 30.0 Å². The van der Waals surface area contributed by atoms with Gasteiger partial charge in [0.1, 0.15) is 11.6 Å². The highest BCUT2D eigenvalue weighted by Crippen LogP contribution is 2.25. The van der Waals surface area contributed by atoms with Gasteiger partial charge in [0.05, 0.1) is 17.7 Å². The van der Waals surface area contributed by atoms with Crippen LogP contribution >= 0.6 is 0 Å². The van der Waals surface area contributed by atoms with Gasteiger partial charge >= 0.3 is 5.69 Å². The summed E-state index contributed by atoms with van der Waals surface area (Å²) in [4.78, 5) is 14.4. The minimum atomic E-state index is -0.687. The van der Waals surface area contributed by atoms with Crippen LogP contribution in [0, 0.1) is 28.4 Å². The first-order valence-electron chi connectivity index (χ1n) is 7.12. The highest BCUT2D eigenvalue weighted by molar-refractivity contribution is 5.82. The first-order chi connectivity index (χ1) is 12.0. The molecule has 1 aromatic heterocycles. The molecular weight excluding hydrogens is 326 g/mol. The zero-order chi connectivity index (χ0) is 18.4. The molecule has 0 atom stereocenters. The summed E-state index contributed by atoms with van der Waals surface area (Å²) in [5.41, 5.74) is 4.32. The standard InChI is InChI=1S/C16H15N5O4/c1-10-5-12(9-25-2)13(7-17)16(19-10)20-18-8-11-3-4-15(22)14(6-11)21(23)24/h3-6,8,22H,9H2,1-2H3,(H,19,20)/b18-8+. The zero-order valence-electron chi connectivity index (χ0n) is 13.6. The first kappa shape index (κ1) is 17.8. The lowest BCUT2D eigenvalue weighted by Gasteiger charge is -2.09. The van der Waals surface area contributed by atoms with Crippen LogP contribution in [-0.4, -0.2) is 28.3 Å². The van der Waals surface area contributed by atoms with Crippen LogP contribution in [0.1, 0.15) is 22.4 Å². The highest BCUT2D eigenvalue weighted by atomic mass is 16.6. The van der Waals surface area contributed by atoms with Gasteiger partial charge in [0.2, 0.25) is 0 Å². The molecule has 0 unspecified atom stereocenters. The molecule has 1 aromatic carbocycles. The number of hydrazone groups is 1. The van der Waals surface area contributed by atoms with Crippen molar-refractivity contribution in [2.75, 3.05) is 12.5 Å². The minimum Gasteiger partial charge on any atom is -0.502 e. The normalized spacial score (nSPS) is 10.6. The van der Waals surface area contributed by atoms with E-state index in [-0.39, 0.29) is 12.4 Å². The van der Waals surface area contributed by atoms with Gasteiger partial charge in [0.25, 0.3) is 0 Å². The number of hydrogen-bond acceptors (Lipinski definition) is 8. The summed E-state index contributed by atoms with van der Waals surface area (Å²) in [6, 6.07) is 7.67. The average Bonchev–Trinajstić information content (AvgIpc) is 2.56. The molecule has 1 heterocycles. The molecule has 0 spiro atoms. The number of hydrogen-bond donors (Lipinski definition) is 2. The third kappa shape index (κ3) is 4.27. The van der Waals surface area contributed by atoms with E-state index in [4.69, 9.17) is 4.74 Å². The number of nitrogens with one attached hydrogen (secondary N) is 1. The molecule has 2 aromatic rings. The minimum absolute atomic E-state index is 0.259. The van der Waals surface area contributed by atoms with Crippen molar-refractivity contribution in [1.29, 1.82) is 5.26 Å². The van der Waals surface area contributed by atoms with Crippen molar-refractivity contribution in [1.82, 2.24) is 4.98 Å². The van der Waals surface area contributed by atoms with Crippen molar-refractivity contribution in [3.8, 4) is 11.8 Å². The molecule has 2 rings (SSSR count). The zero-order valence-corrected chi connectivity index (χ0v) is 13.6. The molecule has 9 nitrogen and oxygen atoms in total. The molecule has 2 N–H and O–H groups in total. The Morgan fingerprint density at radius 2 is 2.28 bits per heavy atom. The number of phenols is 1. The number of phenolic OH excluding ortho intramolecular Hbond substituents is 1. The number of methoxy groups -OCH3 is 1. The molecule has 0 saturated carbocycles. The molecule has 0 aliphatic rings. The third-order valence-corrected chi connectivity index (χ3v) is 3.22. The second-order valence-electron chi connectivity index (χ2n) is 5.07. The van der Waals surface area contributed by atoms with Gasteiger partial charge in [-0.3, -0.25) is 15.5 Å². The number of aryl methyl sites for hydroxylation is 1. The monoisotopic (exact) mass is 341 g/mol. The van der Waals surface area contributed by atoms with Gasteiger partial charge in [-0.2, -0.15) is 10.4 Å². The second kappa shape index (κ2) is 7.85. The number of nitro groups is 1. The smallest absolute Gasteiger partial charge is 0.311 e. The van der Waals surface area contributed by atoms with Gasteiger partial charge in [-0.1, -0.05) is 0 Å². The van der Waals surface area contributed by atoms with Crippen LogP contribution in [0.5, 0.6) is 5.75 Å². The number of aromatic hydroxyl groups is 1. The Hall–Kier alpha value is -3.51. The number of ether oxygens (including phenoxy) is 1. The fourth-order valence-electron chi connectivity index (χ4n) is 2.15. The number of rotatable bonds is 6. The van der Waals surface area contributed by atoms with Crippen LogP contribution in [0.4, 0.5) is 11.5 Å². The number of nitrogens with zero attached hydrogens (tertiary/aromatic N) is 4. The van der Waals surface area contributed by atoms with E-state index in [9.17, 15) is 20.5 Å². The summed E-state index contributed by atoms with van der Waals surface area (Å²) >= 11 is 0. The molecule has 0 aliphatic heterocycles. The van der Waals surface area contributed by atoms with E-state index >= 15 is 0 Å². The maximum Gasteiger partial charge on any atom is 0.311 e. The van der Waals surface area contributed by atoms with Crippen LogP contribution in [-0.2, 0) is 11.3 Å². The Balaban J connectivity index is 2.27. The van der Waals surface area contributed by atoms with Gasteiger partial charge in [-0.25, -0.2) is 4.98 Å². The lowest BCUT2D eigenvalue weighted by Crippen LogP contribution is -2.03. The number of aromatic nitrogens is 1. The summed E-state index contributed by atoms with van der Waals surface area (Å²) in [6.45, 7) is 2.04. The van der Waals surface area contributed by atoms with E-state index in [0.717, 1.165) is 0 Å². The Morgan fingerprint density at radius 1 is 1.52 bits per heavy atom. The molecule has 0 amide bonds. The lowest BCUT2D eigenvalue weighted by atomic mass is 10.1. The summed E-state index contributed by atoms with van der Waals surface area (Å²) in [5.74, 6) is -0.162. The summed E-state index contributed by atoms with van der Waals surface area (Å²) < 4.78 is 5.07. The van der Waals surface area contributed by atoms with Crippen LogP contribution < -0.4 is 5.43 Å². The number of nitro benzene ring substituents is 1. The average molecular weight is 341 g/mol. The Labute approximate surface area is 143 Å². The van der Waals surface area contributed by atoms with Crippen LogP contribution in [0.25, 0.3) is 0 Å². The molecule has 0 saturated heterocycles. The van der Waals surface area contributed by atoms with Crippen LogP contribution in [0.15, 0.2) is 29.4 Å². The van der Waals surface area contributed by atoms with Crippen molar-refractivity contribution in [3.63, 3.8) is 0 Å². The maximum absolute atomic E-state index is 10.8. The summed E-state index contributed by atoms with van der Waals surface area (Å²) in [5, 5.41) is 33.5. The molecule has 25 heavy (non-hydrogen) atoms.